The van der Waals surface area contributed by atoms with E-state index in [1.165, 1.54) is 0 Å². The van der Waals surface area contributed by atoms with Gasteiger partial charge in [-0.15, -0.1) is 0 Å². The summed E-state index contributed by atoms with van der Waals surface area (Å²) >= 11 is 0. The molecule has 234 valence electrons. The second kappa shape index (κ2) is 14.7. The first kappa shape index (κ1) is 30.8. The molecule has 0 bridgehead atoms. The first-order chi connectivity index (χ1) is 22.6. The maximum Gasteiger partial charge on any atom is 0.329 e. The highest BCUT2D eigenvalue weighted by Gasteiger charge is 2.29. The number of nitrogens with zero attached hydrogens (tertiary/aromatic N) is 2. The van der Waals surface area contributed by atoms with Crippen molar-refractivity contribution < 1.29 is 14.3 Å². The molecule has 46 heavy (non-hydrogen) atoms. The zero-order chi connectivity index (χ0) is 31.7. The topological polar surface area (TPSA) is 113 Å². The molecule has 0 aliphatic rings. The van der Waals surface area contributed by atoms with E-state index in [9.17, 15) is 9.59 Å². The maximum absolute atomic E-state index is 14.3. The fraction of sp³-hybridized carbons (Fsp3) is 0.263. The summed E-state index contributed by atoms with van der Waals surface area (Å²) in [5, 5.41) is 7.56. The number of H-pyrrole nitrogens is 2. The molecule has 8 heteroatoms. The lowest BCUT2D eigenvalue weighted by atomic mass is 9.87. The van der Waals surface area contributed by atoms with Gasteiger partial charge < -0.3 is 20.0 Å². The molecule has 0 fully saturated rings. The summed E-state index contributed by atoms with van der Waals surface area (Å²) in [4.78, 5) is 42.6. The Hall–Kier alpha value is -5.24. The highest BCUT2D eigenvalue weighted by molar-refractivity contribution is 5.90. The minimum Gasteiger partial charge on any atom is -0.458 e. The van der Waals surface area contributed by atoms with E-state index < -0.39 is 17.9 Å². The van der Waals surface area contributed by atoms with Crippen LogP contribution in [0, 0.1) is 5.92 Å². The summed E-state index contributed by atoms with van der Waals surface area (Å²) < 4.78 is 5.73. The van der Waals surface area contributed by atoms with Gasteiger partial charge in [0, 0.05) is 30.7 Å². The number of aromatic amines is 2. The van der Waals surface area contributed by atoms with Crippen molar-refractivity contribution in [2.45, 2.75) is 58.1 Å². The van der Waals surface area contributed by atoms with Crippen LogP contribution in [0.25, 0.3) is 21.5 Å². The fourth-order valence-corrected chi connectivity index (χ4v) is 6.03. The molecule has 1 atom stereocenters. The predicted molar refractivity (Wildman–Crippen MR) is 180 cm³/mol. The second-order valence-electron chi connectivity index (χ2n) is 11.8. The highest BCUT2D eigenvalue weighted by Crippen LogP contribution is 2.26. The zero-order valence-electron chi connectivity index (χ0n) is 26.0. The van der Waals surface area contributed by atoms with Gasteiger partial charge in [0.15, 0.2) is 0 Å². The summed E-state index contributed by atoms with van der Waals surface area (Å²) in [7, 11) is 0. The molecular formula is C38H39N5O3. The molecule has 0 saturated heterocycles. The Kier molecular flexibility index (Phi) is 9.83. The van der Waals surface area contributed by atoms with Gasteiger partial charge in [-0.2, -0.15) is 0 Å². The number of benzene rings is 4. The summed E-state index contributed by atoms with van der Waals surface area (Å²) in [6, 6.07) is 28.0. The molecule has 0 saturated carbocycles. The number of ether oxygens (including phenoxy) is 1. The van der Waals surface area contributed by atoms with Crippen molar-refractivity contribution >= 4 is 33.4 Å². The number of aromatic nitrogens is 4. The van der Waals surface area contributed by atoms with Gasteiger partial charge in [-0.05, 0) is 51.9 Å². The fourth-order valence-electron chi connectivity index (χ4n) is 6.03. The summed E-state index contributed by atoms with van der Waals surface area (Å²) in [6.07, 6.45) is 9.11. The van der Waals surface area contributed by atoms with Crippen LogP contribution in [0.15, 0.2) is 104 Å². The molecule has 6 rings (SSSR count). The van der Waals surface area contributed by atoms with E-state index in [2.05, 4.69) is 80.7 Å². The Bertz CT molecular complexity index is 1820. The molecule has 6 aromatic rings. The Balaban J connectivity index is 1.26. The van der Waals surface area contributed by atoms with E-state index in [1.807, 2.05) is 36.4 Å². The maximum atomic E-state index is 14.3. The molecule has 0 aliphatic carbocycles. The molecular weight excluding hydrogens is 574 g/mol. The summed E-state index contributed by atoms with van der Waals surface area (Å²) in [5.74, 6) is -0.283. The smallest absolute Gasteiger partial charge is 0.329 e. The molecule has 0 unspecified atom stereocenters. The average molecular weight is 614 g/mol. The standard InChI is InChI=1S/C38H39N5O3/c1-2-3-18-36-40-23-32(42-36)24-46-38(45)35(21-31-22-39-25-41-31)43-37(44)30(19-28-14-8-12-26-10-4-6-16-33(26)28)20-29-15-9-13-27-11-5-7-17-34(27)29/h4-17,22-23,25,30,35H,2-3,18-21,24H2,1H3,(H,39,41)(H,40,42)(H,43,44)/t35-/m0/s1. The average Bonchev–Trinajstić information content (AvgIpc) is 3.78. The van der Waals surface area contributed by atoms with Gasteiger partial charge in [-0.1, -0.05) is 98.3 Å². The monoisotopic (exact) mass is 613 g/mol. The number of rotatable bonds is 14. The summed E-state index contributed by atoms with van der Waals surface area (Å²) in [5.41, 5.74) is 3.62. The normalized spacial score (nSPS) is 12.0. The van der Waals surface area contributed by atoms with Crippen molar-refractivity contribution in [3.05, 3.63) is 132 Å². The van der Waals surface area contributed by atoms with E-state index in [0.717, 1.165) is 69.1 Å². The third-order valence-electron chi connectivity index (χ3n) is 8.46. The number of nitrogens with one attached hydrogen (secondary N) is 3. The van der Waals surface area contributed by atoms with Crippen molar-refractivity contribution in [2.75, 3.05) is 0 Å². The number of carbonyl (C=O) groups excluding carboxylic acids is 2. The lowest BCUT2D eigenvalue weighted by Crippen LogP contribution is -2.46. The number of fused-ring (bicyclic) bond motifs is 2. The zero-order valence-corrected chi connectivity index (χ0v) is 26.0. The molecule has 2 aromatic heterocycles. The molecule has 4 aromatic carbocycles. The van der Waals surface area contributed by atoms with E-state index in [0.29, 0.717) is 12.8 Å². The minimum absolute atomic E-state index is 0.0444. The third-order valence-corrected chi connectivity index (χ3v) is 8.46. The molecule has 0 radical (unpaired) electrons. The Morgan fingerprint density at radius 2 is 1.46 bits per heavy atom. The van der Waals surface area contributed by atoms with Crippen LogP contribution < -0.4 is 5.32 Å². The van der Waals surface area contributed by atoms with Gasteiger partial charge in [0.05, 0.1) is 18.2 Å². The van der Waals surface area contributed by atoms with Crippen molar-refractivity contribution in [1.29, 1.82) is 0 Å². The predicted octanol–water partition coefficient (Wildman–Crippen LogP) is 6.65. The lowest BCUT2D eigenvalue weighted by molar-refractivity contribution is -0.149. The SMILES string of the molecule is CCCCc1ncc(COC(=O)[C@H](Cc2cnc[nH]2)NC(=O)C(Cc2cccc3ccccc23)Cc2cccc3ccccc23)[nH]1. The number of imidazole rings is 2. The van der Waals surface area contributed by atoms with Gasteiger partial charge >= 0.3 is 5.97 Å². The van der Waals surface area contributed by atoms with Crippen molar-refractivity contribution in [3.8, 4) is 0 Å². The molecule has 0 aliphatic heterocycles. The minimum atomic E-state index is -0.905. The van der Waals surface area contributed by atoms with Crippen LogP contribution in [0.4, 0.5) is 0 Å². The van der Waals surface area contributed by atoms with Crippen LogP contribution in [-0.4, -0.2) is 37.9 Å². The molecule has 0 spiro atoms. The van der Waals surface area contributed by atoms with Crippen LogP contribution in [0.3, 0.4) is 0 Å². The highest BCUT2D eigenvalue weighted by atomic mass is 16.5. The van der Waals surface area contributed by atoms with Crippen LogP contribution in [0.2, 0.25) is 0 Å². The molecule has 3 N–H and O–H groups in total. The Morgan fingerprint density at radius 1 is 0.804 bits per heavy atom. The van der Waals surface area contributed by atoms with Gasteiger partial charge in [0.25, 0.3) is 0 Å². The van der Waals surface area contributed by atoms with Crippen molar-refractivity contribution in [2.24, 2.45) is 5.92 Å². The van der Waals surface area contributed by atoms with Gasteiger partial charge in [0.1, 0.15) is 18.5 Å². The molecule has 2 heterocycles. The number of unbranched alkanes of at least 4 members (excludes halogenated alkanes) is 1. The van der Waals surface area contributed by atoms with E-state index in [4.69, 9.17) is 4.74 Å². The van der Waals surface area contributed by atoms with Crippen LogP contribution >= 0.6 is 0 Å². The Morgan fingerprint density at radius 3 is 2.09 bits per heavy atom. The van der Waals surface area contributed by atoms with Crippen LogP contribution in [-0.2, 0) is 46.6 Å². The van der Waals surface area contributed by atoms with Crippen LogP contribution in [0.5, 0.6) is 0 Å². The molecule has 8 nitrogen and oxygen atoms in total. The largest absolute Gasteiger partial charge is 0.458 e. The van der Waals surface area contributed by atoms with E-state index in [-0.39, 0.29) is 18.9 Å². The summed E-state index contributed by atoms with van der Waals surface area (Å²) in [6.45, 7) is 2.18. The molecule has 1 amide bonds. The van der Waals surface area contributed by atoms with Gasteiger partial charge in [0.2, 0.25) is 5.91 Å². The number of hydrogen-bond donors (Lipinski definition) is 3. The number of aryl methyl sites for hydroxylation is 1. The first-order valence-corrected chi connectivity index (χ1v) is 16.0. The third kappa shape index (κ3) is 7.51. The van der Waals surface area contributed by atoms with Crippen molar-refractivity contribution in [3.63, 3.8) is 0 Å². The quantitative estimate of drug-likeness (QED) is 0.119. The van der Waals surface area contributed by atoms with E-state index >= 15 is 0 Å². The van der Waals surface area contributed by atoms with Gasteiger partial charge in [-0.3, -0.25) is 4.79 Å². The van der Waals surface area contributed by atoms with Crippen molar-refractivity contribution in [1.82, 2.24) is 25.3 Å². The first-order valence-electron chi connectivity index (χ1n) is 16.0. The Labute approximate surface area is 268 Å². The van der Waals surface area contributed by atoms with Gasteiger partial charge in [-0.25, -0.2) is 14.8 Å². The number of esters is 1. The van der Waals surface area contributed by atoms with E-state index in [1.54, 1.807) is 18.7 Å². The number of hydrogen-bond acceptors (Lipinski definition) is 5. The number of amides is 1. The van der Waals surface area contributed by atoms with Crippen LogP contribution in [0.1, 0.15) is 48.1 Å². The number of carbonyl (C=O) groups is 2. The second-order valence-corrected chi connectivity index (χ2v) is 11.8. The lowest BCUT2D eigenvalue weighted by Gasteiger charge is -2.23.